The molecule has 0 saturated carbocycles. The number of aliphatic carboxylic acids is 1. The van der Waals surface area contributed by atoms with E-state index in [-0.39, 0.29) is 13.2 Å². The number of ether oxygens (including phenoxy) is 1. The second kappa shape index (κ2) is 12.7. The largest absolute Gasteiger partial charge is 0.478 e. The highest BCUT2D eigenvalue weighted by atomic mass is 16.5. The molecule has 0 atom stereocenters. The number of carbonyl (C=O) groups is 3. The lowest BCUT2D eigenvalue weighted by molar-refractivity contribution is -0.903. The highest BCUT2D eigenvalue weighted by Gasteiger charge is 2.17. The summed E-state index contributed by atoms with van der Waals surface area (Å²) >= 11 is 0. The predicted octanol–water partition coefficient (Wildman–Crippen LogP) is 4.41. The lowest BCUT2D eigenvalue weighted by Gasteiger charge is -2.30. The van der Waals surface area contributed by atoms with Crippen LogP contribution in [0.25, 0.3) is 10.8 Å². The van der Waals surface area contributed by atoms with Gasteiger partial charge in [-0.1, -0.05) is 60.7 Å². The number of hydrogen-bond acceptors (Lipinski definition) is 5. The van der Waals surface area contributed by atoms with Gasteiger partial charge in [0.2, 0.25) is 0 Å². The number of quaternary nitrogens is 1. The van der Waals surface area contributed by atoms with E-state index in [2.05, 4.69) is 5.32 Å². The van der Waals surface area contributed by atoms with Crippen LogP contribution in [0.5, 0.6) is 0 Å². The van der Waals surface area contributed by atoms with Crippen LogP contribution in [0.4, 0.5) is 10.5 Å². The lowest BCUT2D eigenvalue weighted by atomic mass is 10.1. The van der Waals surface area contributed by atoms with E-state index >= 15 is 0 Å². The van der Waals surface area contributed by atoms with E-state index in [1.54, 1.807) is 0 Å². The highest BCUT2D eigenvalue weighted by Crippen LogP contribution is 2.23. The van der Waals surface area contributed by atoms with Crippen molar-refractivity contribution in [3.05, 3.63) is 90.0 Å². The Kier molecular flexibility index (Phi) is 9.37. The minimum absolute atomic E-state index is 0.0988. The maximum Gasteiger partial charge on any atom is 0.411 e. The van der Waals surface area contributed by atoms with Gasteiger partial charge in [-0.25, -0.2) is 14.7 Å². The van der Waals surface area contributed by atoms with Crippen molar-refractivity contribution in [3.63, 3.8) is 0 Å². The lowest BCUT2D eigenvalue weighted by Crippen LogP contribution is -2.41. The van der Waals surface area contributed by atoms with Gasteiger partial charge in [0.05, 0.1) is 32.9 Å². The fourth-order valence-electron chi connectivity index (χ4n) is 3.93. The number of hydrogen-bond donors (Lipinski definition) is 3. The van der Waals surface area contributed by atoms with Gasteiger partial charge in [-0.15, -0.1) is 0 Å². The molecule has 194 valence electrons. The quantitative estimate of drug-likeness (QED) is 0.154. The zero-order chi connectivity index (χ0) is 26.8. The molecule has 9 nitrogen and oxygen atoms in total. The number of benzene rings is 3. The number of fused-ring (bicyclic) bond motifs is 1. The van der Waals surface area contributed by atoms with E-state index in [4.69, 9.17) is 9.84 Å². The minimum atomic E-state index is -1.25. The Bertz CT molecular complexity index is 1270. The first-order chi connectivity index (χ1) is 17.6. The average molecular weight is 507 g/mol. The van der Waals surface area contributed by atoms with Gasteiger partial charge < -0.3 is 14.3 Å². The van der Waals surface area contributed by atoms with Crippen LogP contribution in [0.15, 0.2) is 78.9 Å². The van der Waals surface area contributed by atoms with E-state index in [1.165, 1.54) is 0 Å². The Morgan fingerprint density at radius 3 is 2.35 bits per heavy atom. The van der Waals surface area contributed by atoms with Gasteiger partial charge in [-0.3, -0.25) is 15.3 Å². The molecular formula is C28H32N3O6+. The molecule has 0 saturated heterocycles. The van der Waals surface area contributed by atoms with Crippen molar-refractivity contribution in [2.45, 2.75) is 19.6 Å². The van der Waals surface area contributed by atoms with Gasteiger partial charge in [0.15, 0.2) is 0 Å². The summed E-state index contributed by atoms with van der Waals surface area (Å²) in [6.07, 6.45) is 1.53. The Balaban J connectivity index is 1.44. The molecule has 3 N–H and O–H groups in total. The molecule has 0 aliphatic heterocycles. The second-order valence-corrected chi connectivity index (χ2v) is 9.35. The first kappa shape index (κ1) is 27.4. The molecule has 0 fully saturated rings. The van der Waals surface area contributed by atoms with Crippen LogP contribution in [0.3, 0.4) is 0 Å². The number of nitrogens with zero attached hydrogens (tertiary/aromatic N) is 2. The number of anilines is 1. The van der Waals surface area contributed by atoms with Crippen molar-refractivity contribution in [2.75, 3.05) is 32.5 Å². The molecule has 3 aromatic rings. The van der Waals surface area contributed by atoms with E-state index in [9.17, 15) is 19.6 Å². The van der Waals surface area contributed by atoms with Gasteiger partial charge >= 0.3 is 12.1 Å². The van der Waals surface area contributed by atoms with E-state index in [0.29, 0.717) is 34.3 Å². The Hall–Kier alpha value is -4.21. The summed E-state index contributed by atoms with van der Waals surface area (Å²) in [5.74, 6) is -2.02. The van der Waals surface area contributed by atoms with Crippen LogP contribution < -0.4 is 5.32 Å². The van der Waals surface area contributed by atoms with Crippen molar-refractivity contribution < 1.29 is 33.9 Å². The van der Waals surface area contributed by atoms with Crippen molar-refractivity contribution in [1.29, 1.82) is 0 Å². The van der Waals surface area contributed by atoms with E-state index < -0.39 is 18.0 Å². The fourth-order valence-corrected chi connectivity index (χ4v) is 3.93. The van der Waals surface area contributed by atoms with Crippen LogP contribution in [-0.4, -0.2) is 65.0 Å². The van der Waals surface area contributed by atoms with Gasteiger partial charge in [0.25, 0.3) is 5.91 Å². The third kappa shape index (κ3) is 8.75. The number of hydroxylamine groups is 2. The molecule has 0 aliphatic rings. The summed E-state index contributed by atoms with van der Waals surface area (Å²) in [5.41, 5.74) is 2.66. The third-order valence-electron chi connectivity index (χ3n) is 5.79. The summed E-state index contributed by atoms with van der Waals surface area (Å²) in [5, 5.41) is 23.6. The molecule has 0 spiro atoms. The maximum absolute atomic E-state index is 12.3. The maximum atomic E-state index is 12.3. The molecule has 0 heterocycles. The number of amides is 2. The van der Waals surface area contributed by atoms with Crippen LogP contribution in [-0.2, 0) is 27.5 Å². The second-order valence-electron chi connectivity index (χ2n) is 9.35. The molecule has 0 bridgehead atoms. The topological polar surface area (TPSA) is 116 Å². The predicted molar refractivity (Wildman–Crippen MR) is 140 cm³/mol. The molecule has 0 unspecified atom stereocenters. The molecule has 2 amide bonds. The van der Waals surface area contributed by atoms with Crippen LogP contribution in [0.2, 0.25) is 0 Å². The smallest absolute Gasteiger partial charge is 0.411 e. The minimum Gasteiger partial charge on any atom is -0.478 e. The SMILES string of the molecule is C[N+](C)(CCCN(O)C(=O)/C=C/C(=O)O)Cc1ccc(COC(=O)Nc2cccc3ccccc23)cc1. The molecule has 9 heteroatoms. The summed E-state index contributed by atoms with van der Waals surface area (Å²) in [6, 6.07) is 21.3. The number of carbonyl (C=O) groups excluding carboxylic acids is 2. The van der Waals surface area contributed by atoms with E-state index in [1.807, 2.05) is 80.8 Å². The average Bonchev–Trinajstić information content (AvgIpc) is 2.86. The van der Waals surface area contributed by atoms with E-state index in [0.717, 1.165) is 34.5 Å². The Morgan fingerprint density at radius 1 is 0.946 bits per heavy atom. The zero-order valence-electron chi connectivity index (χ0n) is 21.0. The molecule has 0 aliphatic carbocycles. The van der Waals surface area contributed by atoms with Gasteiger partial charge in [-0.2, -0.15) is 0 Å². The monoisotopic (exact) mass is 506 g/mol. The fraction of sp³-hybridized carbons (Fsp3) is 0.250. The number of carboxylic acid groups (broad SMARTS) is 1. The Morgan fingerprint density at radius 2 is 1.62 bits per heavy atom. The summed E-state index contributed by atoms with van der Waals surface area (Å²) in [6.45, 7) is 1.65. The molecule has 37 heavy (non-hydrogen) atoms. The van der Waals surface area contributed by atoms with Gasteiger partial charge in [0, 0.05) is 29.5 Å². The number of rotatable bonds is 11. The Labute approximate surface area is 215 Å². The van der Waals surface area contributed by atoms with Gasteiger partial charge in [-0.05, 0) is 17.0 Å². The number of nitrogens with one attached hydrogen (secondary N) is 1. The molecule has 3 rings (SSSR count). The molecule has 0 aromatic heterocycles. The van der Waals surface area contributed by atoms with Crippen molar-refractivity contribution in [1.82, 2.24) is 5.06 Å². The van der Waals surface area contributed by atoms with Gasteiger partial charge in [0.1, 0.15) is 13.2 Å². The zero-order valence-corrected chi connectivity index (χ0v) is 21.0. The standard InChI is InChI=1S/C28H31N3O6/c1-31(2,18-6-17-30(36)26(32)15-16-27(33)34)19-21-11-13-22(14-12-21)20-37-28(35)29-25-10-5-8-23-7-3-4-9-24(23)25/h3-5,7-16,36H,6,17-20H2,1-2H3,(H-,29,33,34,35)/p+1/b16-15+. The van der Waals surface area contributed by atoms with Crippen molar-refractivity contribution in [2.24, 2.45) is 0 Å². The summed E-state index contributed by atoms with van der Waals surface area (Å²) < 4.78 is 6.02. The number of carboxylic acids is 1. The van der Waals surface area contributed by atoms with Crippen molar-refractivity contribution in [3.8, 4) is 0 Å². The van der Waals surface area contributed by atoms with Crippen LogP contribution in [0.1, 0.15) is 17.5 Å². The summed E-state index contributed by atoms with van der Waals surface area (Å²) in [4.78, 5) is 34.5. The third-order valence-corrected chi connectivity index (χ3v) is 5.79. The molecule has 3 aromatic carbocycles. The van der Waals surface area contributed by atoms with Crippen LogP contribution in [0, 0.1) is 0 Å². The molecular weight excluding hydrogens is 474 g/mol. The summed E-state index contributed by atoms with van der Waals surface area (Å²) in [7, 11) is 4.09. The normalized spacial score (nSPS) is 11.4. The van der Waals surface area contributed by atoms with Crippen LogP contribution >= 0.6 is 0 Å². The first-order valence-electron chi connectivity index (χ1n) is 11.9. The highest BCUT2D eigenvalue weighted by molar-refractivity contribution is 6.00. The first-order valence-corrected chi connectivity index (χ1v) is 11.9. The van der Waals surface area contributed by atoms with Crippen molar-refractivity contribution >= 4 is 34.4 Å². The molecule has 0 radical (unpaired) electrons.